The Kier molecular flexibility index (Phi) is 28.0. The van der Waals surface area contributed by atoms with E-state index in [1.165, 1.54) is 6.92 Å². The predicted molar refractivity (Wildman–Crippen MR) is 177 cm³/mol. The molecule has 0 aliphatic carbocycles. The van der Waals surface area contributed by atoms with Crippen molar-refractivity contribution in [2.45, 2.75) is 26.5 Å². The fraction of sp³-hybridized carbons (Fsp3) is 0.217. The molecular formula is C23H23N7Na4O18S6. The van der Waals surface area contributed by atoms with Crippen LogP contribution >= 0.6 is 24.6 Å². The van der Waals surface area contributed by atoms with Crippen LogP contribution in [0.2, 0.25) is 0 Å². The number of hydrogen-bond donors (Lipinski definition) is 3. The zero-order chi connectivity index (χ0) is 40.5. The smallest absolute Gasteiger partial charge is 0.744 e. The molecule has 25 nitrogen and oxygen atoms in total. The van der Waals surface area contributed by atoms with Crippen LogP contribution in [0.25, 0.3) is 0 Å². The van der Waals surface area contributed by atoms with Crippen molar-refractivity contribution in [3.63, 3.8) is 0 Å². The predicted octanol–water partition coefficient (Wildman–Crippen LogP) is -11.4. The van der Waals surface area contributed by atoms with E-state index >= 15 is 0 Å². The summed E-state index contributed by atoms with van der Waals surface area (Å²) in [4.78, 5) is -3.51. The van der Waals surface area contributed by atoms with E-state index in [4.69, 9.17) is 17.2 Å². The molecular weight excluding hydrogens is 947 g/mol. The minimum atomic E-state index is -5.40. The van der Waals surface area contributed by atoms with Gasteiger partial charge in [0.1, 0.15) is 43.0 Å². The van der Waals surface area contributed by atoms with Gasteiger partial charge in [0.2, 0.25) is 0 Å². The fourth-order valence-electron chi connectivity index (χ4n) is 3.92. The van der Waals surface area contributed by atoms with Gasteiger partial charge in [-0.05, 0) is 48.9 Å². The second-order valence-corrected chi connectivity index (χ2v) is 17.8. The average molecular weight is 970 g/mol. The summed E-state index contributed by atoms with van der Waals surface area (Å²) in [5, 5.41) is 40.6. The molecule has 3 aromatic carbocycles. The number of azo groups is 2. The molecule has 0 aromatic heterocycles. The number of nitrogens with two attached hydrogens (primary N) is 3. The van der Waals surface area contributed by atoms with E-state index < -0.39 is 113 Å². The zero-order valence-corrected chi connectivity index (χ0v) is 43.5. The number of rotatable bonds is 20. The Morgan fingerprint density at radius 3 is 1.24 bits per heavy atom. The molecule has 0 spiro atoms. The summed E-state index contributed by atoms with van der Waals surface area (Å²) in [5.74, 6) is -1.51. The van der Waals surface area contributed by atoms with Crippen LogP contribution in [0.15, 0.2) is 76.4 Å². The molecule has 0 radical (unpaired) electrons. The number of hydrogen-bond acceptors (Lipinski definition) is 27. The molecule has 0 saturated carbocycles. The SMILES string of the molecule is Cc1c(N)c(N=Nc2ccc(S(=O)(=O)CCOSOO[O-])cc2S(=O)(=O)[O-])c(N)c(N=Nc2ccc(S(=O)(=O)CCOSOO[O-])cc2S(=O)(=O)[O-])c1N.[Na+].[Na+].[Na+].[Na+]. The molecule has 58 heavy (non-hydrogen) atoms. The summed E-state index contributed by atoms with van der Waals surface area (Å²) >= 11 is 0.0610. The quantitative estimate of drug-likeness (QED) is 0.0138. The van der Waals surface area contributed by atoms with E-state index in [1.54, 1.807) is 0 Å². The minimum absolute atomic E-state index is 0. The Balaban J connectivity index is 0. The molecule has 0 unspecified atom stereocenters. The van der Waals surface area contributed by atoms with Crippen LogP contribution in [-0.2, 0) is 67.0 Å². The summed E-state index contributed by atoms with van der Waals surface area (Å²) in [6.45, 7) is 0.246. The minimum Gasteiger partial charge on any atom is -0.744 e. The van der Waals surface area contributed by atoms with Gasteiger partial charge in [-0.2, -0.15) is 0 Å². The Hall–Kier alpha value is 0.360. The second kappa shape index (κ2) is 26.9. The van der Waals surface area contributed by atoms with Crippen LogP contribution in [0.1, 0.15) is 5.56 Å². The number of anilines is 3. The fourth-order valence-corrected chi connectivity index (χ4v) is 8.20. The molecule has 0 fully saturated rings. The van der Waals surface area contributed by atoms with Crippen molar-refractivity contribution in [3.8, 4) is 0 Å². The van der Waals surface area contributed by atoms with Crippen LogP contribution < -0.4 is 146 Å². The molecule has 0 aliphatic heterocycles. The first-order valence-electron chi connectivity index (χ1n) is 13.6. The van der Waals surface area contributed by atoms with Crippen molar-refractivity contribution in [3.05, 3.63) is 42.0 Å². The first-order valence-corrected chi connectivity index (χ1v) is 21.1. The maximum Gasteiger partial charge on any atom is 1.00 e. The van der Waals surface area contributed by atoms with Gasteiger partial charge in [0.05, 0.1) is 61.4 Å². The Morgan fingerprint density at radius 1 is 0.586 bits per heavy atom. The molecule has 0 amide bonds. The van der Waals surface area contributed by atoms with Crippen molar-refractivity contribution < 1.29 is 199 Å². The van der Waals surface area contributed by atoms with Gasteiger partial charge in [0.15, 0.2) is 44.3 Å². The van der Waals surface area contributed by atoms with Crippen LogP contribution in [0.3, 0.4) is 0 Å². The molecule has 3 rings (SSSR count). The molecule has 0 atom stereocenters. The molecule has 0 heterocycles. The van der Waals surface area contributed by atoms with E-state index in [2.05, 4.69) is 47.6 Å². The number of nitrogens with zero attached hydrogens (tertiary/aromatic N) is 4. The topological polar surface area (TPSA) is 412 Å². The maximum absolute atomic E-state index is 12.7. The van der Waals surface area contributed by atoms with Crippen molar-refractivity contribution >= 4 is 104 Å². The monoisotopic (exact) mass is 969 g/mol. The first kappa shape index (κ1) is 60.4. The Morgan fingerprint density at radius 2 is 0.931 bits per heavy atom. The van der Waals surface area contributed by atoms with Crippen LogP contribution in [0.5, 0.6) is 0 Å². The van der Waals surface area contributed by atoms with Gasteiger partial charge in [-0.15, -0.1) is 29.1 Å². The summed E-state index contributed by atoms with van der Waals surface area (Å²) in [5.41, 5.74) is 15.3. The largest absolute Gasteiger partial charge is 1.00 e. The van der Waals surface area contributed by atoms with Gasteiger partial charge in [-0.1, -0.05) is 0 Å². The van der Waals surface area contributed by atoms with E-state index in [-0.39, 0.29) is 160 Å². The molecule has 0 bridgehead atoms. The van der Waals surface area contributed by atoms with Gasteiger partial charge < -0.3 is 36.8 Å². The molecule has 0 saturated heterocycles. The van der Waals surface area contributed by atoms with Gasteiger partial charge in [-0.3, -0.25) is 18.4 Å². The van der Waals surface area contributed by atoms with Crippen molar-refractivity contribution in [2.75, 3.05) is 41.9 Å². The molecule has 0 aliphatic rings. The van der Waals surface area contributed by atoms with E-state index in [1.807, 2.05) is 0 Å². The van der Waals surface area contributed by atoms with Crippen molar-refractivity contribution in [1.29, 1.82) is 0 Å². The molecule has 35 heteroatoms. The van der Waals surface area contributed by atoms with Crippen molar-refractivity contribution in [1.82, 2.24) is 0 Å². The average Bonchev–Trinajstić information content (AvgIpc) is 3.09. The second-order valence-electron chi connectivity index (χ2n) is 9.82. The maximum atomic E-state index is 12.7. The summed E-state index contributed by atoms with van der Waals surface area (Å²) in [6, 6.07) is 4.50. The van der Waals surface area contributed by atoms with Crippen molar-refractivity contribution in [2.24, 2.45) is 20.5 Å². The number of sulfone groups is 2. The molecule has 298 valence electrons. The van der Waals surface area contributed by atoms with Crippen LogP contribution in [0.4, 0.5) is 39.8 Å². The van der Waals surface area contributed by atoms with E-state index in [0.717, 1.165) is 24.3 Å². The molecule has 3 aromatic rings. The molecule has 6 N–H and O–H groups in total. The third-order valence-corrected chi connectivity index (χ3v) is 12.4. The zero-order valence-electron chi connectivity index (χ0n) is 30.6. The van der Waals surface area contributed by atoms with Gasteiger partial charge in [0, 0.05) is 0 Å². The standard InChI is InChI=1S/C23H27N7O18S6.4Na/c1-12-19(24)22(29-27-15-4-2-13(10-17(15)53(37,38)39)51(33,34)8-6-43-49-47-45-31)21(26)23(20(12)25)30-28-16-5-3-14(11-18(16)54(40,41)42)52(35,36)9-7-44-50-48-46-32;;;;/h2-5,10-11,31-32H,6-9,24-26H2,1H3,(H,37,38,39)(H,40,41,42);;;;/q;4*+1/p-4. The summed E-state index contributed by atoms with van der Waals surface area (Å²) < 4.78 is 140. The Bertz CT molecular complexity index is 2220. The van der Waals surface area contributed by atoms with Gasteiger partial charge in [-0.25, -0.2) is 33.7 Å². The number of benzene rings is 3. The van der Waals surface area contributed by atoms with E-state index in [0.29, 0.717) is 12.1 Å². The van der Waals surface area contributed by atoms with E-state index in [9.17, 15) is 53.3 Å². The summed E-state index contributed by atoms with van der Waals surface area (Å²) in [7, 11) is -19.4. The normalized spacial score (nSPS) is 12.1. The number of nitrogen functional groups attached to an aromatic ring is 3. The van der Waals surface area contributed by atoms with Crippen LogP contribution in [-0.4, -0.2) is 67.5 Å². The third kappa shape index (κ3) is 17.1. The summed E-state index contributed by atoms with van der Waals surface area (Å²) in [6.07, 6.45) is 0. The van der Waals surface area contributed by atoms with Gasteiger partial charge in [0.25, 0.3) is 0 Å². The Labute approximate surface area is 428 Å². The third-order valence-electron chi connectivity index (χ3n) is 6.54. The van der Waals surface area contributed by atoms with Crippen LogP contribution in [0, 0.1) is 6.92 Å². The first-order chi connectivity index (χ1) is 25.2. The van der Waals surface area contributed by atoms with Gasteiger partial charge >= 0.3 is 118 Å².